The van der Waals surface area contributed by atoms with E-state index in [1.54, 1.807) is 24.0 Å². The number of benzene rings is 2. The monoisotopic (exact) mass is 482 g/mol. The summed E-state index contributed by atoms with van der Waals surface area (Å²) in [7, 11) is 1.82. The summed E-state index contributed by atoms with van der Waals surface area (Å²) < 4.78 is 5.59. The number of nitro groups is 1. The number of nitrogens with zero attached hydrogens (tertiary/aromatic N) is 3. The lowest BCUT2D eigenvalue weighted by Crippen LogP contribution is -2.37. The van der Waals surface area contributed by atoms with Crippen LogP contribution in [-0.2, 0) is 4.79 Å². The van der Waals surface area contributed by atoms with Gasteiger partial charge in [-0.15, -0.1) is 0 Å². The van der Waals surface area contributed by atoms with Crippen LogP contribution in [-0.4, -0.2) is 47.8 Å². The van der Waals surface area contributed by atoms with Gasteiger partial charge < -0.3 is 19.5 Å². The van der Waals surface area contributed by atoms with Crippen LogP contribution in [0.2, 0.25) is 5.02 Å². The first-order valence-electron chi connectivity index (χ1n) is 10.7. The number of hydrogen-bond donors (Lipinski definition) is 1. The predicted octanol–water partition coefficient (Wildman–Crippen LogP) is 4.82. The fourth-order valence-electron chi connectivity index (χ4n) is 3.97. The van der Waals surface area contributed by atoms with Crippen LogP contribution in [0.15, 0.2) is 59.0 Å². The van der Waals surface area contributed by atoms with Crippen LogP contribution in [0.4, 0.5) is 17.1 Å². The molecule has 2 amide bonds. The van der Waals surface area contributed by atoms with Gasteiger partial charge in [-0.1, -0.05) is 11.6 Å². The molecule has 0 radical (unpaired) electrons. The number of nitrogens with one attached hydrogen (secondary N) is 1. The van der Waals surface area contributed by atoms with Gasteiger partial charge in [-0.2, -0.15) is 0 Å². The maximum absolute atomic E-state index is 12.6. The summed E-state index contributed by atoms with van der Waals surface area (Å²) in [6, 6.07) is 14.8. The van der Waals surface area contributed by atoms with Crippen molar-refractivity contribution in [1.29, 1.82) is 0 Å². The quantitative estimate of drug-likeness (QED) is 0.398. The highest BCUT2D eigenvalue weighted by Gasteiger charge is 2.27. The lowest BCUT2D eigenvalue weighted by Gasteiger charge is -2.24. The third-order valence-electron chi connectivity index (χ3n) is 5.95. The Morgan fingerprint density at radius 2 is 1.91 bits per heavy atom. The average molecular weight is 483 g/mol. The number of amides is 2. The lowest BCUT2D eigenvalue weighted by atomic mass is 10.1. The highest BCUT2D eigenvalue weighted by atomic mass is 35.5. The van der Waals surface area contributed by atoms with Crippen molar-refractivity contribution in [3.05, 3.63) is 75.5 Å². The number of furan rings is 1. The maximum atomic E-state index is 12.6. The molecule has 9 nitrogen and oxygen atoms in total. The van der Waals surface area contributed by atoms with Gasteiger partial charge in [0.25, 0.3) is 11.6 Å². The molecule has 1 unspecified atom stereocenters. The Bertz CT molecular complexity index is 1240. The van der Waals surface area contributed by atoms with Gasteiger partial charge >= 0.3 is 0 Å². The zero-order chi connectivity index (χ0) is 24.4. The molecule has 4 rings (SSSR count). The van der Waals surface area contributed by atoms with E-state index in [2.05, 4.69) is 10.2 Å². The van der Waals surface area contributed by atoms with Gasteiger partial charge in [0.05, 0.1) is 16.5 Å². The van der Waals surface area contributed by atoms with E-state index in [-0.39, 0.29) is 39.7 Å². The van der Waals surface area contributed by atoms with E-state index in [1.807, 2.05) is 19.2 Å². The molecule has 0 bridgehead atoms. The van der Waals surface area contributed by atoms with Crippen molar-refractivity contribution in [2.24, 2.45) is 0 Å². The van der Waals surface area contributed by atoms with E-state index >= 15 is 0 Å². The Kier molecular flexibility index (Phi) is 6.56. The molecule has 0 saturated carbocycles. The van der Waals surface area contributed by atoms with Crippen molar-refractivity contribution < 1.29 is 18.9 Å². The summed E-state index contributed by atoms with van der Waals surface area (Å²) in [5.41, 5.74) is 1.62. The Hall–Kier alpha value is -3.85. The number of carbonyl (C=O) groups is 2. The summed E-state index contributed by atoms with van der Waals surface area (Å²) in [5.74, 6) is -0.197. The molecule has 0 spiro atoms. The molecule has 34 heavy (non-hydrogen) atoms. The van der Waals surface area contributed by atoms with Gasteiger partial charge in [0.1, 0.15) is 5.76 Å². The van der Waals surface area contributed by atoms with Gasteiger partial charge in [0.15, 0.2) is 5.76 Å². The van der Waals surface area contributed by atoms with Crippen LogP contribution >= 0.6 is 11.6 Å². The lowest BCUT2D eigenvalue weighted by molar-refractivity contribution is -0.384. The number of nitro benzene ring substituents is 1. The van der Waals surface area contributed by atoms with Crippen LogP contribution in [0.1, 0.15) is 23.9 Å². The van der Waals surface area contributed by atoms with Gasteiger partial charge in [-0.25, -0.2) is 0 Å². The first-order chi connectivity index (χ1) is 16.2. The highest BCUT2D eigenvalue weighted by Crippen LogP contribution is 2.33. The summed E-state index contributed by atoms with van der Waals surface area (Å²) in [6.07, 6.45) is 0.904. The summed E-state index contributed by atoms with van der Waals surface area (Å²) in [6.45, 7) is 3.17. The molecule has 1 aliphatic rings. The number of anilines is 2. The van der Waals surface area contributed by atoms with Gasteiger partial charge in [0.2, 0.25) is 5.91 Å². The number of halogens is 1. The molecule has 1 N–H and O–H groups in total. The van der Waals surface area contributed by atoms with Crippen molar-refractivity contribution in [2.75, 3.05) is 30.4 Å². The minimum absolute atomic E-state index is 0.0259. The van der Waals surface area contributed by atoms with Crippen molar-refractivity contribution in [1.82, 2.24) is 4.90 Å². The normalized spacial score (nSPS) is 15.3. The molecule has 1 aliphatic heterocycles. The smallest absolute Gasteiger partial charge is 0.291 e. The van der Waals surface area contributed by atoms with Crippen LogP contribution in [0.5, 0.6) is 0 Å². The van der Waals surface area contributed by atoms with Crippen LogP contribution in [0.3, 0.4) is 0 Å². The molecule has 1 aromatic heterocycles. The minimum Gasteiger partial charge on any atom is -0.451 e. The number of likely N-dealkylation sites (N-methyl/N-ethyl adjacent to an activating group) is 1. The second kappa shape index (κ2) is 9.56. The predicted molar refractivity (Wildman–Crippen MR) is 129 cm³/mol. The van der Waals surface area contributed by atoms with Crippen molar-refractivity contribution in [3.8, 4) is 11.3 Å². The molecule has 1 fully saturated rings. The third-order valence-corrected chi connectivity index (χ3v) is 6.18. The van der Waals surface area contributed by atoms with Crippen LogP contribution in [0, 0.1) is 10.1 Å². The minimum atomic E-state index is -0.550. The van der Waals surface area contributed by atoms with Crippen molar-refractivity contribution in [2.45, 2.75) is 19.4 Å². The Balaban J connectivity index is 1.42. The zero-order valence-electron chi connectivity index (χ0n) is 18.7. The van der Waals surface area contributed by atoms with Crippen LogP contribution < -0.4 is 10.2 Å². The SMILES string of the molecule is CC(=O)N(C)C1CCN(c2ccc(NC(=O)c3ccc(-c4ccc(Cl)cc4[N+](=O)[O-])o3)cc2)C1. The van der Waals surface area contributed by atoms with E-state index in [4.69, 9.17) is 16.0 Å². The molecule has 1 saturated heterocycles. The first kappa shape index (κ1) is 23.3. The standard InChI is InChI=1S/C24H23ClN4O5/c1-15(30)27(2)19-11-12-28(14-19)18-6-4-17(5-7-18)26-24(31)23-10-9-22(34-23)20-8-3-16(25)13-21(20)29(32)33/h3-10,13,19H,11-12,14H2,1-2H3,(H,26,31). The summed E-state index contributed by atoms with van der Waals surface area (Å²) >= 11 is 5.86. The topological polar surface area (TPSA) is 109 Å². The second-order valence-corrected chi connectivity index (χ2v) is 8.54. The maximum Gasteiger partial charge on any atom is 0.291 e. The molecule has 1 atom stereocenters. The molecular weight excluding hydrogens is 460 g/mol. The molecule has 3 aromatic rings. The van der Waals surface area contributed by atoms with E-state index in [0.29, 0.717) is 5.69 Å². The fourth-order valence-corrected chi connectivity index (χ4v) is 4.13. The molecule has 0 aliphatic carbocycles. The first-order valence-corrected chi connectivity index (χ1v) is 11.0. The zero-order valence-corrected chi connectivity index (χ0v) is 19.4. The van der Waals surface area contributed by atoms with E-state index in [9.17, 15) is 19.7 Å². The molecule has 10 heteroatoms. The van der Waals surface area contributed by atoms with E-state index in [1.165, 1.54) is 30.3 Å². The molecule has 2 heterocycles. The highest BCUT2D eigenvalue weighted by molar-refractivity contribution is 6.30. The Morgan fingerprint density at radius 1 is 1.18 bits per heavy atom. The largest absolute Gasteiger partial charge is 0.451 e. The van der Waals surface area contributed by atoms with Gasteiger partial charge in [-0.05, 0) is 55.0 Å². The van der Waals surface area contributed by atoms with Gasteiger partial charge in [0, 0.05) is 49.5 Å². The van der Waals surface area contributed by atoms with E-state index < -0.39 is 10.8 Å². The molecule has 2 aromatic carbocycles. The van der Waals surface area contributed by atoms with Crippen LogP contribution in [0.25, 0.3) is 11.3 Å². The number of carbonyl (C=O) groups excluding carboxylic acids is 2. The third kappa shape index (κ3) is 4.89. The Labute approximate surface area is 201 Å². The average Bonchev–Trinajstić information content (AvgIpc) is 3.49. The molecular formula is C24H23ClN4O5. The second-order valence-electron chi connectivity index (χ2n) is 8.10. The fraction of sp³-hybridized carbons (Fsp3) is 0.250. The van der Waals surface area contributed by atoms with Crippen molar-refractivity contribution >= 4 is 40.5 Å². The summed E-state index contributed by atoms with van der Waals surface area (Å²) in [5, 5.41) is 14.3. The Morgan fingerprint density at radius 3 is 2.59 bits per heavy atom. The number of hydrogen-bond acceptors (Lipinski definition) is 6. The van der Waals surface area contributed by atoms with E-state index in [0.717, 1.165) is 25.2 Å². The molecule has 176 valence electrons. The van der Waals surface area contributed by atoms with Gasteiger partial charge in [-0.3, -0.25) is 19.7 Å². The summed E-state index contributed by atoms with van der Waals surface area (Å²) in [4.78, 5) is 39.0. The number of rotatable bonds is 6. The van der Waals surface area contributed by atoms with Crippen molar-refractivity contribution in [3.63, 3.8) is 0 Å².